The molecule has 0 aliphatic carbocycles. The lowest BCUT2D eigenvalue weighted by Crippen LogP contribution is -2.14. The number of benzene rings is 3. The minimum atomic E-state index is -1.29. The lowest BCUT2D eigenvalue weighted by molar-refractivity contribution is -0.130. The van der Waals surface area contributed by atoms with Gasteiger partial charge in [-0.15, -0.1) is 0 Å². The van der Waals surface area contributed by atoms with E-state index in [0.29, 0.717) is 33.5 Å². The summed E-state index contributed by atoms with van der Waals surface area (Å²) < 4.78 is 29.3. The first-order valence-electron chi connectivity index (χ1n) is 11.5. The largest absolute Gasteiger partial charge is 0.493 e. The number of allylic oxidation sites excluding steroid dienone is 1. The van der Waals surface area contributed by atoms with E-state index in [1.807, 2.05) is 0 Å². The first-order valence-corrected chi connectivity index (χ1v) is 12.2. The van der Waals surface area contributed by atoms with Gasteiger partial charge in [0.15, 0.2) is 17.3 Å². The summed E-state index contributed by atoms with van der Waals surface area (Å²) in [6.07, 6.45) is -0.0497. The van der Waals surface area contributed by atoms with Crippen molar-refractivity contribution in [2.45, 2.75) is 6.42 Å². The fourth-order valence-corrected chi connectivity index (χ4v) is 4.63. The Kier molecular flexibility index (Phi) is 8.21. The van der Waals surface area contributed by atoms with Crippen molar-refractivity contribution in [2.24, 2.45) is 0 Å². The number of esters is 1. The average Bonchev–Trinajstić information content (AvgIpc) is 3.43. The van der Waals surface area contributed by atoms with E-state index in [4.69, 9.17) is 18.9 Å². The maximum atomic E-state index is 14.1. The van der Waals surface area contributed by atoms with E-state index in [2.05, 4.69) is 8.75 Å². The van der Waals surface area contributed by atoms with Gasteiger partial charge in [0.25, 0.3) is 0 Å². The van der Waals surface area contributed by atoms with Crippen molar-refractivity contribution >= 4 is 46.1 Å². The number of hydrogen-bond acceptors (Lipinski definition) is 10. The van der Waals surface area contributed by atoms with Crippen LogP contribution in [0.1, 0.15) is 31.8 Å². The van der Waals surface area contributed by atoms with Crippen LogP contribution in [-0.2, 0) is 16.0 Å². The van der Waals surface area contributed by atoms with Gasteiger partial charge in [-0.1, -0.05) is 18.2 Å². The molecule has 39 heavy (non-hydrogen) atoms. The quantitative estimate of drug-likeness (QED) is 0.172. The molecule has 1 N–H and O–H groups in total. The third-order valence-electron chi connectivity index (χ3n) is 6.02. The number of rotatable bonds is 10. The summed E-state index contributed by atoms with van der Waals surface area (Å²) in [6, 6.07) is 14.2. The topological polar surface area (TPSA) is 134 Å². The second kappa shape index (κ2) is 11.7. The Balaban J connectivity index is 1.92. The van der Waals surface area contributed by atoms with Crippen LogP contribution in [0.2, 0.25) is 0 Å². The molecule has 0 bridgehead atoms. The summed E-state index contributed by atoms with van der Waals surface area (Å²) in [7, 11) is 5.56. The van der Waals surface area contributed by atoms with Gasteiger partial charge < -0.3 is 24.1 Å². The second-order valence-corrected chi connectivity index (χ2v) is 8.76. The molecule has 1 heterocycles. The van der Waals surface area contributed by atoms with E-state index in [1.54, 1.807) is 42.5 Å². The van der Waals surface area contributed by atoms with Crippen molar-refractivity contribution in [3.63, 3.8) is 0 Å². The summed E-state index contributed by atoms with van der Waals surface area (Å²) in [5.74, 6) is -1.58. The maximum absolute atomic E-state index is 14.1. The number of carbonyl (C=O) groups excluding carboxylic acids is 2. The minimum Gasteiger partial charge on any atom is -0.493 e. The minimum absolute atomic E-state index is 0.00475. The van der Waals surface area contributed by atoms with Crippen molar-refractivity contribution < 1.29 is 38.4 Å². The lowest BCUT2D eigenvalue weighted by atomic mass is 9.89. The van der Waals surface area contributed by atoms with E-state index in [1.165, 1.54) is 40.6 Å². The molecule has 0 aliphatic heterocycles. The molecule has 0 saturated carbocycles. The number of methoxy groups -OCH3 is 4. The lowest BCUT2D eigenvalue weighted by Gasteiger charge is -2.16. The number of ether oxygens (including phenoxy) is 4. The summed E-state index contributed by atoms with van der Waals surface area (Å²) in [4.78, 5) is 38.6. The first kappa shape index (κ1) is 27.3. The molecular formula is C28H24N2O8S. The molecule has 0 saturated heterocycles. The zero-order chi connectivity index (χ0) is 28.1. The van der Waals surface area contributed by atoms with Crippen LogP contribution in [0.3, 0.4) is 0 Å². The van der Waals surface area contributed by atoms with Gasteiger partial charge in [0.1, 0.15) is 11.0 Å². The van der Waals surface area contributed by atoms with Crippen LogP contribution < -0.4 is 14.2 Å². The van der Waals surface area contributed by atoms with E-state index in [9.17, 15) is 19.5 Å². The van der Waals surface area contributed by atoms with E-state index < -0.39 is 17.7 Å². The molecule has 4 rings (SSSR count). The molecule has 11 heteroatoms. The highest BCUT2D eigenvalue weighted by Crippen LogP contribution is 2.39. The molecule has 0 amide bonds. The Bertz CT molecular complexity index is 1570. The number of hydrogen-bond donors (Lipinski definition) is 1. The zero-order valence-corrected chi connectivity index (χ0v) is 22.3. The Morgan fingerprint density at radius 1 is 0.769 bits per heavy atom. The van der Waals surface area contributed by atoms with Gasteiger partial charge in [-0.05, 0) is 47.5 Å². The standard InChI is InChI=1S/C28H24N2O8S/c1-35-22-13-18(14-23(36-2)26(22)37-3)25(31)19(11-15-5-7-16(8-6-15)28(34)38-4)24(27(32)33)17-9-10-20-21(12-17)30-39-29-20/h5-10,12-14H,11H2,1-4H3,(H,32,33)/b24-19+. The van der Waals surface area contributed by atoms with Crippen molar-refractivity contribution in [3.8, 4) is 17.2 Å². The highest BCUT2D eigenvalue weighted by Gasteiger charge is 2.26. The van der Waals surface area contributed by atoms with Crippen molar-refractivity contribution in [1.29, 1.82) is 0 Å². The number of carbonyl (C=O) groups is 3. The second-order valence-electron chi connectivity index (χ2n) is 8.23. The number of fused-ring (bicyclic) bond motifs is 1. The number of nitrogens with zero attached hydrogens (tertiary/aromatic N) is 2. The van der Waals surface area contributed by atoms with Crippen LogP contribution in [0.25, 0.3) is 16.6 Å². The fourth-order valence-electron chi connectivity index (χ4n) is 4.11. The van der Waals surface area contributed by atoms with Gasteiger partial charge in [0.05, 0.1) is 51.3 Å². The number of Topliss-reactive ketones (excluding diaryl/α,β-unsaturated/α-hetero) is 1. The molecular weight excluding hydrogens is 524 g/mol. The Hall–Kier alpha value is -4.77. The van der Waals surface area contributed by atoms with Gasteiger partial charge >= 0.3 is 11.9 Å². The number of aliphatic carboxylic acids is 1. The van der Waals surface area contributed by atoms with Crippen LogP contribution in [0.15, 0.2) is 60.2 Å². The van der Waals surface area contributed by atoms with Gasteiger partial charge in [-0.3, -0.25) is 4.79 Å². The first-order chi connectivity index (χ1) is 18.8. The normalized spacial score (nSPS) is 11.5. The molecule has 0 spiro atoms. The Morgan fingerprint density at radius 3 is 1.95 bits per heavy atom. The van der Waals surface area contributed by atoms with Gasteiger partial charge in [-0.2, -0.15) is 8.75 Å². The summed E-state index contributed by atoms with van der Waals surface area (Å²) in [6.45, 7) is 0. The molecule has 0 aliphatic rings. The predicted molar refractivity (Wildman–Crippen MR) is 144 cm³/mol. The zero-order valence-electron chi connectivity index (χ0n) is 21.5. The van der Waals surface area contributed by atoms with Crippen molar-refractivity contribution in [1.82, 2.24) is 8.75 Å². The number of aromatic nitrogens is 2. The predicted octanol–water partition coefficient (Wildman–Crippen LogP) is 4.47. The van der Waals surface area contributed by atoms with Gasteiger partial charge in [0, 0.05) is 17.6 Å². The van der Waals surface area contributed by atoms with Crippen molar-refractivity contribution in [3.05, 3.63) is 82.4 Å². The van der Waals surface area contributed by atoms with Crippen LogP contribution >= 0.6 is 11.7 Å². The Labute approximate surface area is 227 Å². The highest BCUT2D eigenvalue weighted by atomic mass is 32.1. The Morgan fingerprint density at radius 2 is 1.38 bits per heavy atom. The van der Waals surface area contributed by atoms with E-state index in [-0.39, 0.29) is 34.6 Å². The third kappa shape index (κ3) is 5.58. The molecule has 200 valence electrons. The maximum Gasteiger partial charge on any atom is 0.337 e. The molecule has 4 aromatic rings. The van der Waals surface area contributed by atoms with Crippen LogP contribution in [0, 0.1) is 0 Å². The van der Waals surface area contributed by atoms with Crippen molar-refractivity contribution in [2.75, 3.05) is 28.4 Å². The SMILES string of the molecule is COC(=O)c1ccc(C/C(C(=O)c2cc(OC)c(OC)c(OC)c2)=C(\C(=O)O)c2ccc3nsnc3c2)cc1. The summed E-state index contributed by atoms with van der Waals surface area (Å²) >= 11 is 1.01. The molecule has 0 radical (unpaired) electrons. The third-order valence-corrected chi connectivity index (χ3v) is 6.57. The van der Waals surface area contributed by atoms with E-state index in [0.717, 1.165) is 11.7 Å². The summed E-state index contributed by atoms with van der Waals surface area (Å²) in [5.41, 5.74) is 2.30. The van der Waals surface area contributed by atoms with Gasteiger partial charge in [-0.25, -0.2) is 9.59 Å². The smallest absolute Gasteiger partial charge is 0.337 e. The van der Waals surface area contributed by atoms with Gasteiger partial charge in [0.2, 0.25) is 5.75 Å². The van der Waals surface area contributed by atoms with Crippen LogP contribution in [0.5, 0.6) is 17.2 Å². The van der Waals surface area contributed by atoms with E-state index >= 15 is 0 Å². The number of ketones is 1. The molecule has 1 aromatic heterocycles. The summed E-state index contributed by atoms with van der Waals surface area (Å²) in [5, 5.41) is 10.4. The molecule has 0 unspecified atom stereocenters. The highest BCUT2D eigenvalue weighted by molar-refractivity contribution is 7.00. The molecule has 3 aromatic carbocycles. The number of carboxylic acid groups (broad SMARTS) is 1. The monoisotopic (exact) mass is 548 g/mol. The van der Waals surface area contributed by atoms with Crippen LogP contribution in [-0.4, -0.2) is 60.0 Å². The fraction of sp³-hybridized carbons (Fsp3) is 0.179. The van der Waals surface area contributed by atoms with Crippen LogP contribution in [0.4, 0.5) is 0 Å². The number of carboxylic acids is 1. The average molecular weight is 549 g/mol. The molecule has 0 fully saturated rings. The molecule has 10 nitrogen and oxygen atoms in total. The molecule has 0 atom stereocenters.